The summed E-state index contributed by atoms with van der Waals surface area (Å²) in [5.74, 6) is -0.249. The van der Waals surface area contributed by atoms with E-state index in [0.717, 1.165) is 17.9 Å². The van der Waals surface area contributed by atoms with Crippen LogP contribution in [-0.4, -0.2) is 36.7 Å². The number of aromatic nitrogens is 2. The van der Waals surface area contributed by atoms with Crippen LogP contribution in [0.4, 0.5) is 16.5 Å². The van der Waals surface area contributed by atoms with Crippen molar-refractivity contribution in [2.75, 3.05) is 36.2 Å². The Labute approximate surface area is 121 Å². The van der Waals surface area contributed by atoms with Crippen molar-refractivity contribution >= 4 is 33.8 Å². The Morgan fingerprint density at radius 3 is 2.75 bits per heavy atom. The van der Waals surface area contributed by atoms with Crippen molar-refractivity contribution in [1.29, 1.82) is 0 Å². The van der Waals surface area contributed by atoms with E-state index < -0.39 is 0 Å². The highest BCUT2D eigenvalue weighted by molar-refractivity contribution is 7.17. The summed E-state index contributed by atoms with van der Waals surface area (Å²) >= 11 is 1.24. The van der Waals surface area contributed by atoms with Gasteiger partial charge in [0.2, 0.25) is 10.1 Å². The summed E-state index contributed by atoms with van der Waals surface area (Å²) in [5, 5.41) is 14.7. The molecule has 1 aromatic carbocycles. The van der Waals surface area contributed by atoms with Gasteiger partial charge in [0.15, 0.2) is 0 Å². The van der Waals surface area contributed by atoms with Crippen LogP contribution in [0, 0.1) is 0 Å². The maximum atomic E-state index is 12.2. The number of nitrogens with one attached hydrogen (secondary N) is 2. The molecule has 2 aromatic rings. The highest BCUT2D eigenvalue weighted by Crippen LogP contribution is 2.24. The Morgan fingerprint density at radius 1 is 1.30 bits per heavy atom. The Hall–Kier alpha value is -2.15. The van der Waals surface area contributed by atoms with Crippen LogP contribution < -0.4 is 15.5 Å². The van der Waals surface area contributed by atoms with Crippen molar-refractivity contribution in [3.63, 3.8) is 0 Å². The molecule has 0 aliphatic rings. The summed E-state index contributed by atoms with van der Waals surface area (Å²) in [7, 11) is 3.86. The van der Waals surface area contributed by atoms with E-state index in [4.69, 9.17) is 0 Å². The second-order valence-electron chi connectivity index (χ2n) is 4.31. The van der Waals surface area contributed by atoms with Crippen LogP contribution in [0.25, 0.3) is 0 Å². The van der Waals surface area contributed by atoms with Crippen molar-refractivity contribution in [2.24, 2.45) is 0 Å². The predicted octanol–water partition coefficient (Wildman–Crippen LogP) is 2.29. The number of carbonyl (C=O) groups is 1. The van der Waals surface area contributed by atoms with Crippen LogP contribution in [0.2, 0.25) is 0 Å². The van der Waals surface area contributed by atoms with Crippen LogP contribution in [0.5, 0.6) is 0 Å². The normalized spacial score (nSPS) is 10.2. The number of nitrogens with zero attached hydrogens (tertiary/aromatic N) is 3. The molecule has 0 aliphatic heterocycles. The topological polar surface area (TPSA) is 70.1 Å². The lowest BCUT2D eigenvalue weighted by Crippen LogP contribution is -2.16. The van der Waals surface area contributed by atoms with Gasteiger partial charge < -0.3 is 15.5 Å². The van der Waals surface area contributed by atoms with Crippen molar-refractivity contribution in [3.05, 3.63) is 29.3 Å². The number of hydrogen-bond donors (Lipinski definition) is 2. The maximum absolute atomic E-state index is 12.2. The van der Waals surface area contributed by atoms with Gasteiger partial charge in [-0.1, -0.05) is 23.5 Å². The molecular weight excluding hydrogens is 274 g/mol. The van der Waals surface area contributed by atoms with Gasteiger partial charge in [-0.25, -0.2) is 0 Å². The fourth-order valence-corrected chi connectivity index (χ4v) is 2.39. The highest BCUT2D eigenvalue weighted by Gasteiger charge is 2.14. The number of anilines is 3. The first-order chi connectivity index (χ1) is 9.61. The number of benzene rings is 1. The number of amides is 1. The third-order valence-electron chi connectivity index (χ3n) is 2.58. The average Bonchev–Trinajstić information content (AvgIpc) is 2.88. The molecule has 2 rings (SSSR count). The first kappa shape index (κ1) is 14.3. The van der Waals surface area contributed by atoms with E-state index >= 15 is 0 Å². The molecule has 0 unspecified atom stereocenters. The first-order valence-corrected chi connectivity index (χ1v) is 7.08. The lowest BCUT2D eigenvalue weighted by molar-refractivity contribution is 0.102. The van der Waals surface area contributed by atoms with E-state index in [1.807, 2.05) is 50.2 Å². The van der Waals surface area contributed by atoms with Gasteiger partial charge in [-0.05, 0) is 19.1 Å². The van der Waals surface area contributed by atoms with Gasteiger partial charge in [-0.2, -0.15) is 0 Å². The van der Waals surface area contributed by atoms with Gasteiger partial charge in [0, 0.05) is 20.6 Å². The molecule has 0 saturated carbocycles. The van der Waals surface area contributed by atoms with Gasteiger partial charge in [0.1, 0.15) is 0 Å². The largest absolute Gasteiger partial charge is 0.376 e. The molecule has 106 valence electrons. The fraction of sp³-hybridized carbons (Fsp3) is 0.308. The molecule has 1 heterocycles. The quantitative estimate of drug-likeness (QED) is 0.884. The fourth-order valence-electron chi connectivity index (χ4n) is 1.68. The highest BCUT2D eigenvalue weighted by atomic mass is 32.1. The second kappa shape index (κ2) is 6.33. The van der Waals surface area contributed by atoms with Crippen molar-refractivity contribution < 1.29 is 4.79 Å². The zero-order chi connectivity index (χ0) is 14.5. The minimum Gasteiger partial charge on any atom is -0.376 e. The minimum absolute atomic E-state index is 0.249. The third-order valence-corrected chi connectivity index (χ3v) is 3.46. The summed E-state index contributed by atoms with van der Waals surface area (Å²) in [4.78, 5) is 14.1. The van der Waals surface area contributed by atoms with Crippen LogP contribution in [0.1, 0.15) is 16.7 Å². The Morgan fingerprint density at radius 2 is 2.05 bits per heavy atom. The van der Waals surface area contributed by atoms with E-state index in [9.17, 15) is 4.79 Å². The molecule has 0 bridgehead atoms. The van der Waals surface area contributed by atoms with Crippen LogP contribution in [-0.2, 0) is 0 Å². The average molecular weight is 291 g/mol. The van der Waals surface area contributed by atoms with Crippen LogP contribution >= 0.6 is 11.3 Å². The minimum atomic E-state index is -0.249. The van der Waals surface area contributed by atoms with Gasteiger partial charge in [0.05, 0.1) is 11.4 Å². The van der Waals surface area contributed by atoms with E-state index in [0.29, 0.717) is 10.1 Å². The molecule has 7 heteroatoms. The summed E-state index contributed by atoms with van der Waals surface area (Å²) in [6.45, 7) is 2.72. The number of hydrogen-bond acceptors (Lipinski definition) is 6. The lowest BCUT2D eigenvalue weighted by atomic mass is 10.2. The third kappa shape index (κ3) is 3.24. The smallest absolute Gasteiger partial charge is 0.286 e. The molecule has 0 radical (unpaired) electrons. The van der Waals surface area contributed by atoms with Gasteiger partial charge in [-0.3, -0.25) is 4.79 Å². The lowest BCUT2D eigenvalue weighted by Gasteiger charge is -2.17. The molecule has 0 aliphatic carbocycles. The standard InChI is InChI=1S/C13H17N5OS/c1-4-14-13-17-16-12(20-13)11(19)15-9-7-5-6-8-10(9)18(2)3/h5-8H,4H2,1-3H3,(H,14,17)(H,15,19). The summed E-state index contributed by atoms with van der Waals surface area (Å²) in [6, 6.07) is 7.62. The van der Waals surface area contributed by atoms with E-state index in [-0.39, 0.29) is 5.91 Å². The van der Waals surface area contributed by atoms with E-state index in [2.05, 4.69) is 20.8 Å². The van der Waals surface area contributed by atoms with Crippen molar-refractivity contribution in [2.45, 2.75) is 6.92 Å². The summed E-state index contributed by atoms with van der Waals surface area (Å²) in [6.07, 6.45) is 0. The number of rotatable bonds is 5. The van der Waals surface area contributed by atoms with E-state index in [1.54, 1.807) is 0 Å². The number of carbonyl (C=O) groups excluding carboxylic acids is 1. The number of para-hydroxylation sites is 2. The Balaban J connectivity index is 2.15. The zero-order valence-electron chi connectivity index (χ0n) is 11.7. The predicted molar refractivity (Wildman–Crippen MR) is 82.8 cm³/mol. The maximum Gasteiger partial charge on any atom is 0.286 e. The molecule has 2 N–H and O–H groups in total. The first-order valence-electron chi connectivity index (χ1n) is 6.27. The molecule has 6 nitrogen and oxygen atoms in total. The van der Waals surface area contributed by atoms with Gasteiger partial charge in [-0.15, -0.1) is 10.2 Å². The second-order valence-corrected chi connectivity index (χ2v) is 5.29. The Bertz CT molecular complexity index is 596. The van der Waals surface area contributed by atoms with Gasteiger partial charge >= 0.3 is 0 Å². The molecule has 0 saturated heterocycles. The zero-order valence-corrected chi connectivity index (χ0v) is 12.5. The molecule has 0 atom stereocenters. The molecule has 0 spiro atoms. The molecular formula is C13H17N5OS. The van der Waals surface area contributed by atoms with Gasteiger partial charge in [0.25, 0.3) is 5.91 Å². The molecule has 0 fully saturated rings. The summed E-state index contributed by atoms with van der Waals surface area (Å²) < 4.78 is 0. The van der Waals surface area contributed by atoms with Crippen LogP contribution in [0.15, 0.2) is 24.3 Å². The van der Waals surface area contributed by atoms with Crippen molar-refractivity contribution in [3.8, 4) is 0 Å². The molecule has 1 aromatic heterocycles. The van der Waals surface area contributed by atoms with Crippen LogP contribution in [0.3, 0.4) is 0 Å². The SMILES string of the molecule is CCNc1nnc(C(=O)Nc2ccccc2N(C)C)s1. The Kier molecular flexibility index (Phi) is 4.52. The summed E-state index contributed by atoms with van der Waals surface area (Å²) in [5.41, 5.74) is 1.69. The monoisotopic (exact) mass is 291 g/mol. The molecule has 20 heavy (non-hydrogen) atoms. The molecule has 1 amide bonds. The van der Waals surface area contributed by atoms with Crippen molar-refractivity contribution in [1.82, 2.24) is 10.2 Å². The van der Waals surface area contributed by atoms with E-state index in [1.165, 1.54) is 11.3 Å².